The van der Waals surface area contributed by atoms with Crippen LogP contribution in [0, 0.1) is 0 Å². The molecular formula is C23H16Cl3F7N2O3. The Morgan fingerprint density at radius 1 is 1.13 bits per heavy atom. The van der Waals surface area contributed by atoms with Crippen LogP contribution >= 0.6 is 34.8 Å². The smallest absolute Gasteiger partial charge is 0.338 e. The number of carbonyl (C=O) groups excluding carboxylic acids is 2. The standard InChI is InChI=1S/C23H16Cl3F7N2O3/c1-2-35-21(37)18(9-38-35)34-20(36)12-4-3-10(5-14(12)23(31,32)33)17(27)8-13(22(28,29)30)11-6-15(24)19(26)16(25)7-11/h3-8,13,18H,2,9H2,1H3,(H,34,36)/b17-8-. The van der Waals surface area contributed by atoms with Crippen molar-refractivity contribution in [1.29, 1.82) is 0 Å². The first-order valence-corrected chi connectivity index (χ1v) is 11.7. The predicted octanol–water partition coefficient (Wildman–Crippen LogP) is 7.21. The molecule has 1 fully saturated rings. The molecule has 206 valence electrons. The van der Waals surface area contributed by atoms with Crippen molar-refractivity contribution in [2.75, 3.05) is 13.2 Å². The lowest BCUT2D eigenvalue weighted by Crippen LogP contribution is -2.43. The number of allylic oxidation sites excluding steroid dienone is 1. The van der Waals surface area contributed by atoms with Crippen LogP contribution in [0.1, 0.15) is 39.9 Å². The summed E-state index contributed by atoms with van der Waals surface area (Å²) in [7, 11) is 0. The van der Waals surface area contributed by atoms with Crippen molar-refractivity contribution in [2.45, 2.75) is 31.2 Å². The van der Waals surface area contributed by atoms with Gasteiger partial charge in [-0.05, 0) is 42.8 Å². The summed E-state index contributed by atoms with van der Waals surface area (Å²) in [5, 5.41) is 2.09. The van der Waals surface area contributed by atoms with E-state index in [0.29, 0.717) is 12.1 Å². The fraction of sp³-hybridized carbons (Fsp3) is 0.304. The number of halogens is 10. The monoisotopic (exact) mass is 606 g/mol. The van der Waals surface area contributed by atoms with Gasteiger partial charge in [0.05, 0.1) is 26.2 Å². The molecule has 2 atom stereocenters. The first kappa shape index (κ1) is 30.0. The first-order chi connectivity index (χ1) is 17.5. The Kier molecular flexibility index (Phi) is 8.91. The number of likely N-dealkylation sites (N-methyl/N-ethyl adjacent to an activating group) is 1. The van der Waals surface area contributed by atoms with Crippen LogP contribution in [-0.2, 0) is 15.8 Å². The van der Waals surface area contributed by atoms with Crippen molar-refractivity contribution in [3.63, 3.8) is 0 Å². The zero-order valence-electron chi connectivity index (χ0n) is 19.0. The lowest BCUT2D eigenvalue weighted by molar-refractivity contribution is -0.160. The van der Waals surface area contributed by atoms with Crippen LogP contribution in [-0.4, -0.2) is 42.2 Å². The zero-order valence-corrected chi connectivity index (χ0v) is 21.3. The van der Waals surface area contributed by atoms with Gasteiger partial charge in [-0.25, -0.2) is 9.45 Å². The van der Waals surface area contributed by atoms with Crippen LogP contribution in [0.25, 0.3) is 5.83 Å². The van der Waals surface area contributed by atoms with E-state index >= 15 is 0 Å². The van der Waals surface area contributed by atoms with Gasteiger partial charge >= 0.3 is 12.4 Å². The lowest BCUT2D eigenvalue weighted by Gasteiger charge is -2.19. The molecule has 15 heteroatoms. The molecule has 0 saturated carbocycles. The van der Waals surface area contributed by atoms with E-state index in [0.717, 1.165) is 17.2 Å². The molecule has 0 aromatic heterocycles. The Balaban J connectivity index is 1.99. The number of hydroxylamine groups is 2. The molecule has 2 aromatic carbocycles. The van der Waals surface area contributed by atoms with E-state index in [1.807, 2.05) is 0 Å². The Morgan fingerprint density at radius 2 is 1.74 bits per heavy atom. The van der Waals surface area contributed by atoms with E-state index < -0.39 is 64.2 Å². The second kappa shape index (κ2) is 11.3. The fourth-order valence-corrected chi connectivity index (χ4v) is 4.18. The van der Waals surface area contributed by atoms with Gasteiger partial charge in [0.2, 0.25) is 0 Å². The normalized spacial score (nSPS) is 17.7. The second-order valence-electron chi connectivity index (χ2n) is 7.95. The number of benzene rings is 2. The molecule has 1 aliphatic rings. The maximum absolute atomic E-state index is 15.0. The number of hydrogen-bond acceptors (Lipinski definition) is 3. The van der Waals surface area contributed by atoms with Gasteiger partial charge in [0.25, 0.3) is 11.8 Å². The zero-order chi connectivity index (χ0) is 28.6. The second-order valence-corrected chi connectivity index (χ2v) is 9.14. The molecular weight excluding hydrogens is 592 g/mol. The van der Waals surface area contributed by atoms with E-state index in [4.69, 9.17) is 39.6 Å². The third-order valence-corrected chi connectivity index (χ3v) is 6.61. The van der Waals surface area contributed by atoms with Crippen LogP contribution in [0.2, 0.25) is 15.1 Å². The summed E-state index contributed by atoms with van der Waals surface area (Å²) in [5.41, 5.74) is -4.09. The molecule has 0 radical (unpaired) electrons. The van der Waals surface area contributed by atoms with Gasteiger partial charge < -0.3 is 5.32 Å². The van der Waals surface area contributed by atoms with Crippen LogP contribution in [0.5, 0.6) is 0 Å². The van der Waals surface area contributed by atoms with Crippen LogP contribution < -0.4 is 5.32 Å². The summed E-state index contributed by atoms with van der Waals surface area (Å²) in [6.07, 6.45) is -10.2. The SMILES string of the molecule is CCN1OCC(NC(=O)c2ccc(/C(F)=C/C(c3cc(Cl)c(Cl)c(Cl)c3)C(F)(F)F)cc2C(F)(F)F)C1=O. The van der Waals surface area contributed by atoms with Gasteiger partial charge in [-0.2, -0.15) is 26.3 Å². The summed E-state index contributed by atoms with van der Waals surface area (Å²) < 4.78 is 97.5. The molecule has 1 aliphatic heterocycles. The predicted molar refractivity (Wildman–Crippen MR) is 125 cm³/mol. The number of nitrogens with one attached hydrogen (secondary N) is 1. The van der Waals surface area contributed by atoms with Crippen molar-refractivity contribution in [2.24, 2.45) is 0 Å². The molecule has 2 unspecified atom stereocenters. The lowest BCUT2D eigenvalue weighted by atomic mass is 9.95. The maximum Gasteiger partial charge on any atom is 0.417 e. The summed E-state index contributed by atoms with van der Waals surface area (Å²) in [6, 6.07) is 1.85. The van der Waals surface area contributed by atoms with Crippen molar-refractivity contribution in [1.82, 2.24) is 10.4 Å². The number of amides is 2. The minimum atomic E-state index is -5.20. The highest BCUT2D eigenvalue weighted by molar-refractivity contribution is 6.48. The molecule has 2 aromatic rings. The Bertz CT molecular complexity index is 1260. The molecule has 0 aliphatic carbocycles. The fourth-order valence-electron chi connectivity index (χ4n) is 3.56. The number of hydrogen-bond donors (Lipinski definition) is 1. The van der Waals surface area contributed by atoms with Crippen molar-refractivity contribution < 1.29 is 45.2 Å². The van der Waals surface area contributed by atoms with E-state index in [1.54, 1.807) is 6.92 Å². The molecule has 38 heavy (non-hydrogen) atoms. The Labute approximate surface area is 226 Å². The number of rotatable bonds is 6. The highest BCUT2D eigenvalue weighted by atomic mass is 35.5. The van der Waals surface area contributed by atoms with Gasteiger partial charge in [-0.15, -0.1) is 0 Å². The quantitative estimate of drug-likeness (QED) is 0.279. The number of carbonyl (C=O) groups is 2. The number of nitrogens with zero attached hydrogens (tertiary/aromatic N) is 1. The molecule has 1 saturated heterocycles. The number of alkyl halides is 6. The Morgan fingerprint density at radius 3 is 2.24 bits per heavy atom. The van der Waals surface area contributed by atoms with Gasteiger partial charge in [0.15, 0.2) is 0 Å². The summed E-state index contributed by atoms with van der Waals surface area (Å²) >= 11 is 17.3. The van der Waals surface area contributed by atoms with E-state index in [2.05, 4.69) is 5.32 Å². The first-order valence-electron chi connectivity index (χ1n) is 10.6. The topological polar surface area (TPSA) is 58.6 Å². The molecule has 0 bridgehead atoms. The molecule has 2 amide bonds. The van der Waals surface area contributed by atoms with Crippen molar-refractivity contribution >= 4 is 52.4 Å². The van der Waals surface area contributed by atoms with Gasteiger partial charge in [0, 0.05) is 12.1 Å². The minimum Gasteiger partial charge on any atom is -0.338 e. The largest absolute Gasteiger partial charge is 0.417 e. The van der Waals surface area contributed by atoms with Gasteiger partial charge in [-0.3, -0.25) is 14.4 Å². The Hall–Kier alpha value is -2.54. The summed E-state index contributed by atoms with van der Waals surface area (Å²) in [5.74, 6) is -6.31. The highest BCUT2D eigenvalue weighted by Gasteiger charge is 2.41. The van der Waals surface area contributed by atoms with Gasteiger partial charge in [0.1, 0.15) is 24.4 Å². The third kappa shape index (κ3) is 6.53. The van der Waals surface area contributed by atoms with Crippen LogP contribution in [0.4, 0.5) is 30.7 Å². The summed E-state index contributed by atoms with van der Waals surface area (Å²) in [4.78, 5) is 29.6. The molecule has 1 N–H and O–H groups in total. The average molecular weight is 608 g/mol. The molecule has 5 nitrogen and oxygen atoms in total. The molecule has 3 rings (SSSR count). The third-order valence-electron chi connectivity index (χ3n) is 5.41. The summed E-state index contributed by atoms with van der Waals surface area (Å²) in [6.45, 7) is 1.39. The highest BCUT2D eigenvalue weighted by Crippen LogP contribution is 2.42. The van der Waals surface area contributed by atoms with Crippen molar-refractivity contribution in [3.8, 4) is 0 Å². The molecule has 0 spiro atoms. The van der Waals surface area contributed by atoms with E-state index in [9.17, 15) is 40.3 Å². The maximum atomic E-state index is 15.0. The van der Waals surface area contributed by atoms with Gasteiger partial charge in [-0.1, -0.05) is 40.9 Å². The average Bonchev–Trinajstić information content (AvgIpc) is 3.17. The molecule has 1 heterocycles. The van der Waals surface area contributed by atoms with Crippen LogP contribution in [0.15, 0.2) is 36.4 Å². The minimum absolute atomic E-state index is 0.0546. The van der Waals surface area contributed by atoms with E-state index in [-0.39, 0.29) is 40.4 Å². The van der Waals surface area contributed by atoms with Crippen molar-refractivity contribution in [3.05, 3.63) is 73.7 Å². The van der Waals surface area contributed by atoms with E-state index in [1.165, 1.54) is 0 Å². The van der Waals surface area contributed by atoms with Crippen LogP contribution in [0.3, 0.4) is 0 Å².